The highest BCUT2D eigenvalue weighted by atomic mass is 16.6. The highest BCUT2D eigenvalue weighted by molar-refractivity contribution is 5.44. The van der Waals surface area contributed by atoms with Crippen molar-refractivity contribution in [2.75, 3.05) is 26.3 Å². The lowest BCUT2D eigenvalue weighted by Gasteiger charge is -2.24. The van der Waals surface area contributed by atoms with Crippen LogP contribution in [0.15, 0.2) is 34.7 Å². The number of fused-ring (bicyclic) bond motifs is 1. The van der Waals surface area contributed by atoms with Crippen LogP contribution in [0.2, 0.25) is 0 Å². The fourth-order valence-electron chi connectivity index (χ4n) is 3.72. The van der Waals surface area contributed by atoms with Crippen molar-refractivity contribution in [3.05, 3.63) is 47.4 Å². The molecule has 0 amide bonds. The van der Waals surface area contributed by atoms with E-state index in [-0.39, 0.29) is 12.1 Å². The number of hydrazine groups is 1. The standard InChI is InChI=1S/C20H27N3O3/c1-3-16(14-5-7-17-19(10-14)25-9-8-24-17)21-11-15-12-22-23-20(15)18-6-4-13(2)26-18/h4-7,10,15-16,20-23H,3,8-9,11-12H2,1-2H3. The molecule has 3 N–H and O–H groups in total. The Morgan fingerprint density at radius 3 is 2.77 bits per heavy atom. The normalized spacial score (nSPS) is 23.2. The third kappa shape index (κ3) is 3.58. The summed E-state index contributed by atoms with van der Waals surface area (Å²) in [6.45, 7) is 7.23. The summed E-state index contributed by atoms with van der Waals surface area (Å²) in [5, 5.41) is 3.72. The Hall–Kier alpha value is -2.02. The molecule has 1 fully saturated rings. The smallest absolute Gasteiger partial charge is 0.161 e. The lowest BCUT2D eigenvalue weighted by molar-refractivity contribution is 0.171. The molecule has 3 unspecified atom stereocenters. The Morgan fingerprint density at radius 2 is 2.00 bits per heavy atom. The summed E-state index contributed by atoms with van der Waals surface area (Å²) in [5.41, 5.74) is 7.84. The molecule has 0 radical (unpaired) electrons. The fourth-order valence-corrected chi connectivity index (χ4v) is 3.72. The third-order valence-electron chi connectivity index (χ3n) is 5.16. The largest absolute Gasteiger partial charge is 0.486 e. The quantitative estimate of drug-likeness (QED) is 0.739. The minimum Gasteiger partial charge on any atom is -0.486 e. The zero-order valence-corrected chi connectivity index (χ0v) is 15.4. The maximum absolute atomic E-state index is 5.82. The van der Waals surface area contributed by atoms with E-state index >= 15 is 0 Å². The van der Waals surface area contributed by atoms with Crippen molar-refractivity contribution in [1.29, 1.82) is 0 Å². The van der Waals surface area contributed by atoms with Crippen molar-refractivity contribution < 1.29 is 13.9 Å². The second-order valence-electron chi connectivity index (χ2n) is 6.98. The molecule has 0 aliphatic carbocycles. The molecule has 2 aliphatic rings. The Labute approximate surface area is 154 Å². The first kappa shape index (κ1) is 17.4. The number of hydrogen-bond donors (Lipinski definition) is 3. The molecule has 1 aromatic heterocycles. The van der Waals surface area contributed by atoms with Crippen LogP contribution in [-0.4, -0.2) is 26.3 Å². The monoisotopic (exact) mass is 357 g/mol. The number of ether oxygens (including phenoxy) is 2. The molecule has 6 heteroatoms. The SMILES string of the molecule is CCC(NCC1CNNC1c1ccc(C)o1)c1ccc2c(c1)OCCO2. The molecule has 140 valence electrons. The van der Waals surface area contributed by atoms with Gasteiger partial charge in [-0.05, 0) is 43.2 Å². The first-order valence-corrected chi connectivity index (χ1v) is 9.42. The summed E-state index contributed by atoms with van der Waals surface area (Å²) in [7, 11) is 0. The van der Waals surface area contributed by atoms with Gasteiger partial charge in [0, 0.05) is 25.0 Å². The Morgan fingerprint density at radius 1 is 1.15 bits per heavy atom. The molecule has 26 heavy (non-hydrogen) atoms. The van der Waals surface area contributed by atoms with Gasteiger partial charge in [0.25, 0.3) is 0 Å². The van der Waals surface area contributed by atoms with Gasteiger partial charge >= 0.3 is 0 Å². The van der Waals surface area contributed by atoms with Crippen LogP contribution in [0.1, 0.15) is 42.5 Å². The molecule has 3 heterocycles. The van der Waals surface area contributed by atoms with Gasteiger partial charge in [0.05, 0.1) is 6.04 Å². The van der Waals surface area contributed by atoms with Gasteiger partial charge in [-0.3, -0.25) is 5.43 Å². The summed E-state index contributed by atoms with van der Waals surface area (Å²) < 4.78 is 17.2. The lowest BCUT2D eigenvalue weighted by Crippen LogP contribution is -2.31. The van der Waals surface area contributed by atoms with E-state index in [1.165, 1.54) is 5.56 Å². The third-order valence-corrected chi connectivity index (χ3v) is 5.16. The first-order chi connectivity index (χ1) is 12.7. The van der Waals surface area contributed by atoms with Crippen LogP contribution in [0, 0.1) is 12.8 Å². The highest BCUT2D eigenvalue weighted by Crippen LogP contribution is 2.33. The molecule has 2 aromatic rings. The van der Waals surface area contributed by atoms with Crippen LogP contribution in [0.4, 0.5) is 0 Å². The molecule has 0 saturated carbocycles. The van der Waals surface area contributed by atoms with Gasteiger partial charge in [0.1, 0.15) is 24.7 Å². The zero-order valence-electron chi connectivity index (χ0n) is 15.4. The first-order valence-electron chi connectivity index (χ1n) is 9.42. The number of rotatable bonds is 6. The van der Waals surface area contributed by atoms with Crippen LogP contribution in [0.5, 0.6) is 11.5 Å². The van der Waals surface area contributed by atoms with Gasteiger partial charge in [0.15, 0.2) is 11.5 Å². The summed E-state index contributed by atoms with van der Waals surface area (Å²) in [6, 6.07) is 10.8. The van der Waals surface area contributed by atoms with Crippen LogP contribution < -0.4 is 25.6 Å². The Balaban J connectivity index is 1.42. The van der Waals surface area contributed by atoms with Crippen LogP contribution in [0.3, 0.4) is 0 Å². The van der Waals surface area contributed by atoms with E-state index < -0.39 is 0 Å². The molecule has 0 spiro atoms. The summed E-state index contributed by atoms with van der Waals surface area (Å²) >= 11 is 0. The van der Waals surface area contributed by atoms with E-state index in [0.717, 1.165) is 42.5 Å². The van der Waals surface area contributed by atoms with Crippen molar-refractivity contribution in [3.63, 3.8) is 0 Å². The number of hydrogen-bond acceptors (Lipinski definition) is 6. The zero-order chi connectivity index (χ0) is 17.9. The summed E-state index contributed by atoms with van der Waals surface area (Å²) in [5.74, 6) is 4.05. The average molecular weight is 357 g/mol. The van der Waals surface area contributed by atoms with Crippen molar-refractivity contribution in [2.24, 2.45) is 5.92 Å². The number of aryl methyl sites for hydroxylation is 1. The molecular formula is C20H27N3O3. The Bertz CT molecular complexity index is 746. The van der Waals surface area contributed by atoms with Crippen molar-refractivity contribution in [1.82, 2.24) is 16.2 Å². The summed E-state index contributed by atoms with van der Waals surface area (Å²) in [6.07, 6.45) is 1.01. The molecule has 4 rings (SSSR count). The second-order valence-corrected chi connectivity index (χ2v) is 6.98. The average Bonchev–Trinajstić information content (AvgIpc) is 3.30. The molecular weight excluding hydrogens is 330 g/mol. The number of benzene rings is 1. The molecule has 6 nitrogen and oxygen atoms in total. The van der Waals surface area contributed by atoms with Gasteiger partial charge in [-0.25, -0.2) is 5.43 Å². The molecule has 3 atom stereocenters. The van der Waals surface area contributed by atoms with Crippen molar-refractivity contribution in [2.45, 2.75) is 32.4 Å². The van der Waals surface area contributed by atoms with Gasteiger partial charge in [0.2, 0.25) is 0 Å². The maximum atomic E-state index is 5.82. The minimum atomic E-state index is 0.189. The lowest BCUT2D eigenvalue weighted by atomic mass is 9.98. The predicted molar refractivity (Wildman–Crippen MR) is 99.3 cm³/mol. The van der Waals surface area contributed by atoms with Gasteiger partial charge in [-0.15, -0.1) is 0 Å². The van der Waals surface area contributed by atoms with Crippen LogP contribution in [-0.2, 0) is 0 Å². The van der Waals surface area contributed by atoms with E-state index in [1.807, 2.05) is 19.1 Å². The van der Waals surface area contributed by atoms with Gasteiger partial charge in [-0.1, -0.05) is 13.0 Å². The molecule has 1 aromatic carbocycles. The van der Waals surface area contributed by atoms with Crippen LogP contribution >= 0.6 is 0 Å². The van der Waals surface area contributed by atoms with E-state index in [1.54, 1.807) is 0 Å². The van der Waals surface area contributed by atoms with E-state index in [0.29, 0.717) is 19.1 Å². The maximum Gasteiger partial charge on any atom is 0.161 e. The van der Waals surface area contributed by atoms with E-state index in [9.17, 15) is 0 Å². The highest BCUT2D eigenvalue weighted by Gasteiger charge is 2.31. The van der Waals surface area contributed by atoms with Crippen molar-refractivity contribution in [3.8, 4) is 11.5 Å². The second kappa shape index (κ2) is 7.70. The fraction of sp³-hybridized carbons (Fsp3) is 0.500. The van der Waals surface area contributed by atoms with Gasteiger partial charge in [-0.2, -0.15) is 0 Å². The Kier molecular flexibility index (Phi) is 5.15. The topological polar surface area (TPSA) is 67.7 Å². The van der Waals surface area contributed by atoms with Crippen molar-refractivity contribution >= 4 is 0 Å². The molecule has 0 bridgehead atoms. The van der Waals surface area contributed by atoms with Gasteiger partial charge < -0.3 is 19.2 Å². The number of nitrogens with one attached hydrogen (secondary N) is 3. The minimum absolute atomic E-state index is 0.189. The summed E-state index contributed by atoms with van der Waals surface area (Å²) in [4.78, 5) is 0. The molecule has 1 saturated heterocycles. The predicted octanol–water partition coefficient (Wildman–Crippen LogP) is 2.87. The van der Waals surface area contributed by atoms with E-state index in [4.69, 9.17) is 13.9 Å². The number of furan rings is 1. The van der Waals surface area contributed by atoms with Crippen LogP contribution in [0.25, 0.3) is 0 Å². The molecule has 2 aliphatic heterocycles. The van der Waals surface area contributed by atoms with E-state index in [2.05, 4.69) is 41.3 Å².